The van der Waals surface area contributed by atoms with Gasteiger partial charge in [-0.25, -0.2) is 9.55 Å². The number of rotatable bonds is 12. The van der Waals surface area contributed by atoms with E-state index >= 15 is 0 Å². The minimum Gasteiger partial charge on any atom is -0.465 e. The van der Waals surface area contributed by atoms with Crippen molar-refractivity contribution in [3.8, 4) is 5.75 Å². The number of aliphatic hydroxyl groups excluding tert-OH is 1. The number of nitrogens with zero attached hydrogens (tertiary/aromatic N) is 4. The number of benzene rings is 1. The molecule has 2 aromatic heterocycles. The molecular weight excluding hydrogens is 565 g/mol. The van der Waals surface area contributed by atoms with Crippen LogP contribution in [0.2, 0.25) is 0 Å². The van der Waals surface area contributed by atoms with Crippen molar-refractivity contribution in [3.05, 3.63) is 49.3 Å². The van der Waals surface area contributed by atoms with Crippen molar-refractivity contribution >= 4 is 48.2 Å². The van der Waals surface area contributed by atoms with Gasteiger partial charge in [0.05, 0.1) is 19.5 Å². The molecule has 1 saturated heterocycles. The normalized spacial score (nSPS) is 24.8. The van der Waals surface area contributed by atoms with Crippen LogP contribution in [0.25, 0.3) is 11.2 Å². The summed E-state index contributed by atoms with van der Waals surface area (Å²) in [6.45, 7) is 6.57. The molecule has 16 heteroatoms. The average Bonchev–Trinajstić information content (AvgIpc) is 3.46. The molecule has 5 N–H and O–H groups in total. The summed E-state index contributed by atoms with van der Waals surface area (Å²) in [5.41, 5.74) is 6.56. The van der Waals surface area contributed by atoms with E-state index < -0.39 is 49.7 Å². The van der Waals surface area contributed by atoms with Crippen LogP contribution < -0.4 is 20.7 Å². The lowest BCUT2D eigenvalue weighted by Crippen LogP contribution is -2.41. The fourth-order valence-corrected chi connectivity index (χ4v) is 5.92. The van der Waals surface area contributed by atoms with Crippen LogP contribution in [0.3, 0.4) is 0 Å². The Kier molecular flexibility index (Phi) is 8.98. The third kappa shape index (κ3) is 5.92. The highest BCUT2D eigenvalue weighted by Gasteiger charge is 2.55. The summed E-state index contributed by atoms with van der Waals surface area (Å²) < 4.78 is 37.7. The molecule has 216 valence electrons. The first-order valence-electron chi connectivity index (χ1n) is 12.3. The second-order valence-electron chi connectivity index (χ2n) is 8.81. The SMILES string of the molecule is C=C[C@@]1(Cl)[C@H](O)[C@@H](CO[P@@](=O)(NC(C)C(=O)OCC)Oc2ccccc2)O[C@H]1n1cnc2c(NC)nc(N)nc21. The van der Waals surface area contributed by atoms with E-state index in [9.17, 15) is 14.5 Å². The lowest BCUT2D eigenvalue weighted by atomic mass is 9.99. The van der Waals surface area contributed by atoms with E-state index in [0.717, 1.165) is 0 Å². The molecule has 1 aliphatic rings. The van der Waals surface area contributed by atoms with E-state index in [-0.39, 0.29) is 18.3 Å². The van der Waals surface area contributed by atoms with Crippen LogP contribution in [0, 0.1) is 0 Å². The number of imidazole rings is 1. The average molecular weight is 596 g/mol. The molecule has 1 aromatic carbocycles. The Morgan fingerprint density at radius 2 is 2.12 bits per heavy atom. The van der Waals surface area contributed by atoms with E-state index in [1.165, 1.54) is 23.9 Å². The second-order valence-corrected chi connectivity index (χ2v) is 11.2. The van der Waals surface area contributed by atoms with Crippen LogP contribution in [-0.4, -0.2) is 74.0 Å². The van der Waals surface area contributed by atoms with Crippen LogP contribution in [0.5, 0.6) is 5.75 Å². The van der Waals surface area contributed by atoms with Crippen LogP contribution in [0.1, 0.15) is 20.1 Å². The van der Waals surface area contributed by atoms with Gasteiger partial charge in [-0.15, -0.1) is 18.2 Å². The number of nitrogens with one attached hydrogen (secondary N) is 2. The molecule has 1 unspecified atom stereocenters. The maximum atomic E-state index is 13.8. The Morgan fingerprint density at radius 3 is 2.77 bits per heavy atom. The molecule has 0 amide bonds. The van der Waals surface area contributed by atoms with Crippen LogP contribution in [0.15, 0.2) is 49.3 Å². The molecule has 6 atom stereocenters. The molecule has 3 aromatic rings. The van der Waals surface area contributed by atoms with E-state index in [4.69, 9.17) is 35.9 Å². The highest BCUT2D eigenvalue weighted by atomic mass is 35.5. The third-order valence-electron chi connectivity index (χ3n) is 6.10. The summed E-state index contributed by atoms with van der Waals surface area (Å²) >= 11 is 6.85. The lowest BCUT2D eigenvalue weighted by Gasteiger charge is -2.27. The first-order chi connectivity index (χ1) is 19.0. The maximum Gasteiger partial charge on any atom is 0.459 e. The minimum atomic E-state index is -4.22. The summed E-state index contributed by atoms with van der Waals surface area (Å²) in [6.07, 6.45) is -0.814. The number of fused-ring (bicyclic) bond motifs is 1. The van der Waals surface area contributed by atoms with Crippen molar-refractivity contribution in [2.75, 3.05) is 31.3 Å². The zero-order valence-corrected chi connectivity index (χ0v) is 23.7. The van der Waals surface area contributed by atoms with Gasteiger partial charge in [-0.1, -0.05) is 24.3 Å². The molecule has 1 aliphatic heterocycles. The van der Waals surface area contributed by atoms with Gasteiger partial charge in [0.2, 0.25) is 5.95 Å². The number of hydrogen-bond donors (Lipinski definition) is 4. The Bertz CT molecular complexity index is 1410. The largest absolute Gasteiger partial charge is 0.465 e. The zero-order valence-electron chi connectivity index (χ0n) is 22.1. The van der Waals surface area contributed by atoms with Crippen LogP contribution in [0.4, 0.5) is 11.8 Å². The standard InChI is InChI=1S/C24H31ClN7O7P/c1-5-24(25)18(33)16(38-22(24)32-13-28-17-19(27-4)29-23(26)30-20(17)32)12-37-40(35,31-14(3)21(34)36-6-2)39-15-10-8-7-9-11-15/h5,7-11,13-14,16,18,22,33H,1,6,12H2,2-4H3,(H,31,35)(H3,26,27,29,30)/t14?,16-,18-,22-,24-,40+/m1/s1. The number of nitrogens with two attached hydrogens (primary N) is 1. The van der Waals surface area contributed by atoms with Gasteiger partial charge >= 0.3 is 13.7 Å². The molecule has 0 bridgehead atoms. The topological polar surface area (TPSA) is 185 Å². The van der Waals surface area contributed by atoms with Gasteiger partial charge in [-0.05, 0) is 26.0 Å². The number of alkyl halides is 1. The van der Waals surface area contributed by atoms with Crippen molar-refractivity contribution in [1.29, 1.82) is 0 Å². The Labute approximate surface area is 235 Å². The number of carbonyl (C=O) groups is 1. The van der Waals surface area contributed by atoms with E-state index in [1.54, 1.807) is 44.3 Å². The summed E-state index contributed by atoms with van der Waals surface area (Å²) in [5.74, 6) is -0.0582. The van der Waals surface area contributed by atoms with Gasteiger partial charge in [-0.3, -0.25) is 13.9 Å². The summed E-state index contributed by atoms with van der Waals surface area (Å²) in [7, 11) is -2.56. The number of halogens is 1. The molecule has 1 fully saturated rings. The molecule has 0 radical (unpaired) electrons. The molecule has 0 saturated carbocycles. The number of ether oxygens (including phenoxy) is 2. The number of para-hydroxylation sites is 1. The first kappa shape index (κ1) is 29.7. The van der Waals surface area contributed by atoms with Crippen LogP contribution in [-0.2, 0) is 23.4 Å². The Hall–Kier alpha value is -3.26. The van der Waals surface area contributed by atoms with Crippen molar-refractivity contribution in [2.45, 2.75) is 43.2 Å². The smallest absolute Gasteiger partial charge is 0.459 e. The number of aromatic nitrogens is 4. The summed E-state index contributed by atoms with van der Waals surface area (Å²) in [4.78, 5) is 23.4. The third-order valence-corrected chi connectivity index (χ3v) is 8.31. The number of aliphatic hydroxyl groups is 1. The molecule has 0 aliphatic carbocycles. The van der Waals surface area contributed by atoms with Gasteiger partial charge in [0.15, 0.2) is 23.2 Å². The molecule has 40 heavy (non-hydrogen) atoms. The minimum absolute atomic E-state index is 0.0170. The van der Waals surface area contributed by atoms with Crippen LogP contribution >= 0.6 is 19.3 Å². The number of hydrogen-bond acceptors (Lipinski definition) is 12. The lowest BCUT2D eigenvalue weighted by molar-refractivity contribution is -0.144. The molecule has 0 spiro atoms. The highest BCUT2D eigenvalue weighted by Crippen LogP contribution is 2.49. The fraction of sp³-hybridized carbons (Fsp3) is 0.417. The van der Waals surface area contributed by atoms with Gasteiger partial charge in [0.1, 0.15) is 28.9 Å². The second kappa shape index (κ2) is 12.1. The number of nitrogen functional groups attached to an aromatic ring is 1. The Balaban J connectivity index is 1.60. The van der Waals surface area contributed by atoms with E-state index in [0.29, 0.717) is 17.0 Å². The number of carbonyl (C=O) groups excluding carboxylic acids is 1. The van der Waals surface area contributed by atoms with Crippen molar-refractivity contribution in [1.82, 2.24) is 24.6 Å². The summed E-state index contributed by atoms with van der Waals surface area (Å²) in [6, 6.07) is 7.22. The van der Waals surface area contributed by atoms with Gasteiger partial charge in [-0.2, -0.15) is 15.1 Å². The molecule has 4 rings (SSSR count). The molecular formula is C24H31ClN7O7P. The predicted molar refractivity (Wildman–Crippen MR) is 148 cm³/mol. The predicted octanol–water partition coefficient (Wildman–Crippen LogP) is 2.62. The van der Waals surface area contributed by atoms with Crippen molar-refractivity contribution in [2.24, 2.45) is 0 Å². The van der Waals surface area contributed by atoms with E-state index in [2.05, 4.69) is 31.9 Å². The quantitative estimate of drug-likeness (QED) is 0.104. The number of anilines is 2. The fourth-order valence-electron chi connectivity index (χ4n) is 4.12. The van der Waals surface area contributed by atoms with E-state index in [1.807, 2.05) is 0 Å². The van der Waals surface area contributed by atoms with Crippen molar-refractivity contribution < 1.29 is 33.0 Å². The maximum absolute atomic E-state index is 13.8. The van der Waals surface area contributed by atoms with Gasteiger partial charge in [0.25, 0.3) is 0 Å². The summed E-state index contributed by atoms with van der Waals surface area (Å²) in [5, 5.41) is 16.7. The molecule has 3 heterocycles. The Morgan fingerprint density at radius 1 is 1.40 bits per heavy atom. The zero-order chi connectivity index (χ0) is 29.1. The molecule has 14 nitrogen and oxygen atoms in total. The first-order valence-corrected chi connectivity index (χ1v) is 14.2. The van der Waals surface area contributed by atoms with Gasteiger partial charge in [0, 0.05) is 7.05 Å². The van der Waals surface area contributed by atoms with Gasteiger partial charge < -0.3 is 30.2 Å². The number of esters is 1. The monoisotopic (exact) mass is 595 g/mol. The highest BCUT2D eigenvalue weighted by molar-refractivity contribution is 7.52. The van der Waals surface area contributed by atoms with Crippen molar-refractivity contribution in [3.63, 3.8) is 0 Å².